The van der Waals surface area contributed by atoms with Crippen LogP contribution in [0.1, 0.15) is 17.2 Å². The fraction of sp³-hybridized carbons (Fsp3) is 0.143. The Morgan fingerprint density at radius 2 is 1.60 bits per heavy atom. The Hall–Kier alpha value is -1.59. The summed E-state index contributed by atoms with van der Waals surface area (Å²) in [5, 5.41) is 9.73. The average Bonchev–Trinajstić information content (AvgIpc) is 2.40. The van der Waals surface area contributed by atoms with E-state index in [1.807, 2.05) is 0 Å². The zero-order chi connectivity index (χ0) is 14.9. The van der Waals surface area contributed by atoms with Gasteiger partial charge < -0.3 is 5.11 Å². The Balaban J connectivity index is 2.26. The molecule has 0 saturated carbocycles. The number of aliphatic hydroxyl groups is 1. The van der Waals surface area contributed by atoms with E-state index in [1.54, 1.807) is 0 Å². The molecule has 0 heterocycles. The quantitative estimate of drug-likeness (QED) is 0.666. The van der Waals surface area contributed by atoms with Crippen LogP contribution in [0.25, 0.3) is 0 Å². The number of aliphatic hydroxyl groups excluding tert-OH is 1. The zero-order valence-corrected chi connectivity index (χ0v) is 10.8. The van der Waals surface area contributed by atoms with Crippen LogP contribution in [-0.2, 0) is 6.42 Å². The van der Waals surface area contributed by atoms with Crippen molar-refractivity contribution in [2.24, 2.45) is 0 Å². The van der Waals surface area contributed by atoms with Gasteiger partial charge in [0.15, 0.2) is 17.5 Å². The molecule has 0 amide bonds. The maximum atomic E-state index is 13.5. The van der Waals surface area contributed by atoms with Crippen molar-refractivity contribution in [1.29, 1.82) is 0 Å². The van der Waals surface area contributed by atoms with Crippen molar-refractivity contribution in [3.05, 3.63) is 69.8 Å². The molecule has 1 unspecified atom stereocenters. The van der Waals surface area contributed by atoms with Gasteiger partial charge in [0.2, 0.25) is 0 Å². The number of hydrogen-bond acceptors (Lipinski definition) is 1. The standard InChI is InChI=1S/C14H9ClF4O/c15-9-5-7(1-3-10(9)16)6-12(20)8-2-4-11(17)14(19)13(8)18/h1-5,12,20H,6H2. The zero-order valence-electron chi connectivity index (χ0n) is 10.0. The van der Waals surface area contributed by atoms with Crippen LogP contribution in [0.3, 0.4) is 0 Å². The number of halogens is 5. The Morgan fingerprint density at radius 1 is 0.950 bits per heavy atom. The summed E-state index contributed by atoms with van der Waals surface area (Å²) < 4.78 is 52.3. The third-order valence-electron chi connectivity index (χ3n) is 2.84. The van der Waals surface area contributed by atoms with E-state index in [-0.39, 0.29) is 17.0 Å². The summed E-state index contributed by atoms with van der Waals surface area (Å²) in [6.45, 7) is 0. The van der Waals surface area contributed by atoms with Crippen molar-refractivity contribution in [2.45, 2.75) is 12.5 Å². The molecule has 106 valence electrons. The van der Waals surface area contributed by atoms with Crippen LogP contribution in [0.4, 0.5) is 17.6 Å². The van der Waals surface area contributed by atoms with E-state index in [1.165, 1.54) is 12.1 Å². The lowest BCUT2D eigenvalue weighted by molar-refractivity contribution is 0.172. The molecular formula is C14H9ClF4O. The molecule has 1 N–H and O–H groups in total. The first kappa shape index (κ1) is 14.8. The molecule has 0 aliphatic rings. The third kappa shape index (κ3) is 2.94. The van der Waals surface area contributed by atoms with Gasteiger partial charge in [0.05, 0.1) is 11.1 Å². The van der Waals surface area contributed by atoms with Crippen molar-refractivity contribution in [2.75, 3.05) is 0 Å². The Kier molecular flexibility index (Phi) is 4.30. The van der Waals surface area contributed by atoms with Gasteiger partial charge in [-0.2, -0.15) is 0 Å². The van der Waals surface area contributed by atoms with Gasteiger partial charge in [0.25, 0.3) is 0 Å². The van der Waals surface area contributed by atoms with E-state index in [2.05, 4.69) is 0 Å². The molecule has 0 radical (unpaired) electrons. The highest BCUT2D eigenvalue weighted by atomic mass is 35.5. The molecule has 6 heteroatoms. The minimum Gasteiger partial charge on any atom is -0.388 e. The van der Waals surface area contributed by atoms with Gasteiger partial charge in [-0.05, 0) is 23.8 Å². The highest BCUT2D eigenvalue weighted by molar-refractivity contribution is 6.30. The van der Waals surface area contributed by atoms with E-state index >= 15 is 0 Å². The van der Waals surface area contributed by atoms with Crippen molar-refractivity contribution in [1.82, 2.24) is 0 Å². The summed E-state index contributed by atoms with van der Waals surface area (Å²) in [6.07, 6.45) is -1.51. The van der Waals surface area contributed by atoms with Crippen LogP contribution >= 0.6 is 11.6 Å². The number of rotatable bonds is 3. The summed E-state index contributed by atoms with van der Waals surface area (Å²) in [5.41, 5.74) is 0.0670. The third-order valence-corrected chi connectivity index (χ3v) is 3.13. The molecule has 0 fully saturated rings. The first-order valence-electron chi connectivity index (χ1n) is 5.65. The van der Waals surface area contributed by atoms with Crippen LogP contribution in [0.15, 0.2) is 30.3 Å². The first-order chi connectivity index (χ1) is 9.40. The predicted octanol–water partition coefficient (Wildman–Crippen LogP) is 4.17. The summed E-state index contributed by atoms with van der Waals surface area (Å²) in [7, 11) is 0. The molecule has 0 saturated heterocycles. The van der Waals surface area contributed by atoms with Crippen molar-refractivity contribution < 1.29 is 22.7 Å². The van der Waals surface area contributed by atoms with Gasteiger partial charge in [0, 0.05) is 12.0 Å². The second kappa shape index (κ2) is 5.81. The molecular weight excluding hydrogens is 296 g/mol. The summed E-state index contributed by atoms with van der Waals surface area (Å²) in [6, 6.07) is 5.43. The van der Waals surface area contributed by atoms with Crippen LogP contribution in [0, 0.1) is 23.3 Å². The highest BCUT2D eigenvalue weighted by Gasteiger charge is 2.19. The van der Waals surface area contributed by atoms with Crippen molar-refractivity contribution in [3.63, 3.8) is 0 Å². The van der Waals surface area contributed by atoms with Gasteiger partial charge in [-0.1, -0.05) is 23.7 Å². The van der Waals surface area contributed by atoms with E-state index < -0.39 is 29.4 Å². The largest absolute Gasteiger partial charge is 0.388 e. The summed E-state index contributed by atoms with van der Waals surface area (Å²) in [4.78, 5) is 0. The Labute approximate surface area is 117 Å². The highest BCUT2D eigenvalue weighted by Crippen LogP contribution is 2.25. The van der Waals surface area contributed by atoms with Crippen LogP contribution < -0.4 is 0 Å². The van der Waals surface area contributed by atoms with Crippen molar-refractivity contribution in [3.8, 4) is 0 Å². The van der Waals surface area contributed by atoms with Crippen molar-refractivity contribution >= 4 is 11.6 Å². The second-order valence-electron chi connectivity index (χ2n) is 4.23. The monoisotopic (exact) mass is 304 g/mol. The first-order valence-corrected chi connectivity index (χ1v) is 6.03. The smallest absolute Gasteiger partial charge is 0.194 e. The minimum absolute atomic E-state index is 0.109. The molecule has 0 bridgehead atoms. The molecule has 1 nitrogen and oxygen atoms in total. The van der Waals surface area contributed by atoms with Crippen LogP contribution in [0.2, 0.25) is 5.02 Å². The Bertz CT molecular complexity index is 645. The SMILES string of the molecule is OC(Cc1ccc(F)c(Cl)c1)c1ccc(F)c(F)c1F. The normalized spacial score (nSPS) is 12.5. The molecule has 2 aromatic rings. The Morgan fingerprint density at radius 3 is 2.25 bits per heavy atom. The van der Waals surface area contributed by atoms with E-state index in [9.17, 15) is 22.7 Å². The van der Waals surface area contributed by atoms with Gasteiger partial charge >= 0.3 is 0 Å². The lowest BCUT2D eigenvalue weighted by atomic mass is 10.0. The van der Waals surface area contributed by atoms with Gasteiger partial charge in [-0.25, -0.2) is 17.6 Å². The second-order valence-corrected chi connectivity index (χ2v) is 4.64. The van der Waals surface area contributed by atoms with Gasteiger partial charge in [-0.15, -0.1) is 0 Å². The van der Waals surface area contributed by atoms with Crippen LogP contribution in [-0.4, -0.2) is 5.11 Å². The van der Waals surface area contributed by atoms with E-state index in [0.717, 1.165) is 18.2 Å². The van der Waals surface area contributed by atoms with E-state index in [0.29, 0.717) is 5.56 Å². The minimum atomic E-state index is -1.64. The molecule has 20 heavy (non-hydrogen) atoms. The maximum Gasteiger partial charge on any atom is 0.194 e. The van der Waals surface area contributed by atoms with Crippen LogP contribution in [0.5, 0.6) is 0 Å². The fourth-order valence-electron chi connectivity index (χ4n) is 1.80. The number of hydrogen-bond donors (Lipinski definition) is 1. The fourth-order valence-corrected chi connectivity index (χ4v) is 2.00. The van der Waals surface area contributed by atoms with Gasteiger partial charge in [-0.3, -0.25) is 0 Å². The maximum absolute atomic E-state index is 13.5. The predicted molar refractivity (Wildman–Crippen MR) is 66.4 cm³/mol. The lowest BCUT2D eigenvalue weighted by Crippen LogP contribution is -2.07. The molecule has 2 rings (SSSR count). The van der Waals surface area contributed by atoms with Gasteiger partial charge in [0.1, 0.15) is 5.82 Å². The summed E-state index contributed by atoms with van der Waals surface area (Å²) in [5.74, 6) is -5.03. The molecule has 0 aliphatic heterocycles. The molecule has 2 aromatic carbocycles. The molecule has 0 aliphatic carbocycles. The lowest BCUT2D eigenvalue weighted by Gasteiger charge is -2.13. The molecule has 0 aromatic heterocycles. The molecule has 1 atom stereocenters. The number of benzene rings is 2. The average molecular weight is 305 g/mol. The van der Waals surface area contributed by atoms with E-state index in [4.69, 9.17) is 11.6 Å². The topological polar surface area (TPSA) is 20.2 Å². The molecule has 0 spiro atoms. The summed E-state index contributed by atoms with van der Waals surface area (Å²) >= 11 is 5.58.